The van der Waals surface area contributed by atoms with Gasteiger partial charge in [0.25, 0.3) is 0 Å². The van der Waals surface area contributed by atoms with Crippen LogP contribution < -0.4 is 0 Å². The summed E-state index contributed by atoms with van der Waals surface area (Å²) < 4.78 is 0. The molecule has 216 valence electrons. The molecule has 0 radical (unpaired) electrons. The van der Waals surface area contributed by atoms with Gasteiger partial charge in [-0.15, -0.1) is 0 Å². The van der Waals surface area contributed by atoms with Gasteiger partial charge in [0.2, 0.25) is 0 Å². The first-order valence-corrected chi connectivity index (χ1v) is 13.5. The summed E-state index contributed by atoms with van der Waals surface area (Å²) in [6.45, 7) is 16.0. The average molecular weight is 529 g/mol. The molecule has 0 heterocycles. The second-order valence-electron chi connectivity index (χ2n) is 6.31. The van der Waals surface area contributed by atoms with Gasteiger partial charge in [0.05, 0.1) is 0 Å². The molecule has 0 heteroatoms. The Labute approximate surface area is 245 Å². The van der Waals surface area contributed by atoms with E-state index in [-0.39, 0.29) is 22.3 Å². The molecule has 0 N–H and O–H groups in total. The molecule has 0 atom stereocenters. The van der Waals surface area contributed by atoms with Crippen LogP contribution in [0, 0.1) is 0 Å². The fraction of sp³-hybridized carbons (Fsp3) is 0.282. The van der Waals surface area contributed by atoms with Crippen LogP contribution in [0.3, 0.4) is 0 Å². The molecule has 0 aliphatic heterocycles. The van der Waals surface area contributed by atoms with E-state index >= 15 is 0 Å². The normalized spacial score (nSPS) is 8.21. The van der Waals surface area contributed by atoms with Crippen molar-refractivity contribution in [2.45, 2.75) is 77.7 Å². The highest BCUT2D eigenvalue weighted by molar-refractivity contribution is 5.70. The third kappa shape index (κ3) is 24.5. The van der Waals surface area contributed by atoms with Crippen molar-refractivity contribution in [1.29, 1.82) is 0 Å². The Balaban J connectivity index is -0.000000148. The molecule has 4 aromatic carbocycles. The summed E-state index contributed by atoms with van der Waals surface area (Å²) in [4.78, 5) is 0. The highest BCUT2D eigenvalue weighted by atomic mass is 13.9. The van der Waals surface area contributed by atoms with Gasteiger partial charge in [-0.25, -0.2) is 0 Å². The molecular formula is C39H60. The van der Waals surface area contributed by atoms with E-state index in [1.54, 1.807) is 0 Å². The third-order valence-electron chi connectivity index (χ3n) is 4.13. The van der Waals surface area contributed by atoms with Crippen LogP contribution in [0.4, 0.5) is 0 Å². The molecule has 0 amide bonds. The van der Waals surface area contributed by atoms with Gasteiger partial charge in [-0.3, -0.25) is 0 Å². The summed E-state index contributed by atoms with van der Waals surface area (Å²) in [6, 6.07) is 41.3. The fourth-order valence-corrected chi connectivity index (χ4v) is 2.64. The quantitative estimate of drug-likeness (QED) is 0.231. The zero-order chi connectivity index (χ0) is 27.3. The Morgan fingerprint density at radius 2 is 0.385 bits per heavy atom. The summed E-state index contributed by atoms with van der Waals surface area (Å²) in [5.41, 5.74) is 4.93. The Bertz CT molecular complexity index is 799. The second-order valence-corrected chi connectivity index (χ2v) is 6.31. The van der Waals surface area contributed by atoms with Crippen LogP contribution in [0.15, 0.2) is 121 Å². The average Bonchev–Trinajstić information content (AvgIpc) is 3.01. The van der Waals surface area contributed by atoms with Crippen molar-refractivity contribution in [3.8, 4) is 0 Å². The van der Waals surface area contributed by atoms with Crippen molar-refractivity contribution in [2.24, 2.45) is 0 Å². The van der Waals surface area contributed by atoms with Gasteiger partial charge in [0.1, 0.15) is 0 Å². The van der Waals surface area contributed by atoms with Crippen molar-refractivity contribution >= 4 is 24.3 Å². The minimum absolute atomic E-state index is 0. The molecule has 0 aromatic heterocycles. The van der Waals surface area contributed by atoms with Crippen LogP contribution in [-0.2, 0) is 0 Å². The molecule has 0 saturated carbocycles. The van der Waals surface area contributed by atoms with Crippen LogP contribution in [0.2, 0.25) is 0 Å². The molecule has 39 heavy (non-hydrogen) atoms. The van der Waals surface area contributed by atoms with E-state index in [1.165, 1.54) is 22.3 Å². The molecule has 0 fully saturated rings. The number of hydrogen-bond acceptors (Lipinski definition) is 0. The van der Waals surface area contributed by atoms with Gasteiger partial charge in [-0.05, 0) is 22.3 Å². The first kappa shape index (κ1) is 45.3. The van der Waals surface area contributed by atoms with E-state index in [2.05, 4.69) is 72.8 Å². The van der Waals surface area contributed by atoms with Crippen LogP contribution in [0.5, 0.6) is 0 Å². The minimum atomic E-state index is 0. The van der Waals surface area contributed by atoms with Crippen molar-refractivity contribution in [3.63, 3.8) is 0 Å². The first-order valence-electron chi connectivity index (χ1n) is 13.5. The molecule has 0 bridgehead atoms. The van der Waals surface area contributed by atoms with Gasteiger partial charge in [0.15, 0.2) is 0 Å². The Morgan fingerprint density at radius 3 is 0.513 bits per heavy atom. The lowest BCUT2D eigenvalue weighted by Gasteiger charge is -1.92. The van der Waals surface area contributed by atoms with E-state index in [0.717, 1.165) is 0 Å². The fourth-order valence-electron chi connectivity index (χ4n) is 2.64. The van der Waals surface area contributed by atoms with E-state index in [9.17, 15) is 0 Å². The second kappa shape index (κ2) is 36.5. The zero-order valence-electron chi connectivity index (χ0n) is 23.9. The van der Waals surface area contributed by atoms with Gasteiger partial charge in [-0.2, -0.15) is 0 Å². The van der Waals surface area contributed by atoms with E-state index < -0.39 is 0 Å². The molecule has 0 spiro atoms. The molecule has 0 nitrogen and oxygen atoms in total. The van der Waals surface area contributed by atoms with Crippen LogP contribution in [0.25, 0.3) is 24.3 Å². The van der Waals surface area contributed by atoms with E-state index in [0.29, 0.717) is 0 Å². The molecule has 4 aromatic rings. The number of hydrogen-bond donors (Lipinski definition) is 0. The van der Waals surface area contributed by atoms with E-state index in [4.69, 9.17) is 0 Å². The van der Waals surface area contributed by atoms with Gasteiger partial charge in [0, 0.05) is 0 Å². The SMILES string of the molecule is C.C.C.C(=C/c1ccccc1)/c1ccccc1.C(=C\c1ccccc1)/c1ccccc1.CC.CC.CC.CC. The third-order valence-corrected chi connectivity index (χ3v) is 4.13. The smallest absolute Gasteiger partial charge is 0.0256 e. The Morgan fingerprint density at radius 1 is 0.256 bits per heavy atom. The highest BCUT2D eigenvalue weighted by Crippen LogP contribution is 2.08. The molecule has 4 rings (SSSR count). The maximum atomic E-state index is 2.12. The van der Waals surface area contributed by atoms with Crippen LogP contribution in [-0.4, -0.2) is 0 Å². The minimum Gasteiger partial charge on any atom is -0.0776 e. The summed E-state index contributed by atoms with van der Waals surface area (Å²) in [5, 5.41) is 0. The lowest BCUT2D eigenvalue weighted by atomic mass is 10.1. The summed E-state index contributed by atoms with van der Waals surface area (Å²) in [6.07, 6.45) is 8.48. The number of benzene rings is 4. The standard InChI is InChI=1S/2C14H12.4C2H6.3CH4/c2*1-3-7-13(8-4-1)11-12-14-9-5-2-6-10-14;4*1-2;;;/h2*1-12H;4*1-2H3;3*1H4/b12-11+;12-11-;;;;;;;. The maximum absolute atomic E-state index is 2.12. The topological polar surface area (TPSA) is 0 Å². The molecule has 0 aliphatic carbocycles. The van der Waals surface area contributed by atoms with E-state index in [1.807, 2.05) is 128 Å². The zero-order valence-corrected chi connectivity index (χ0v) is 23.9. The molecule has 0 unspecified atom stereocenters. The van der Waals surface area contributed by atoms with Crippen LogP contribution >= 0.6 is 0 Å². The van der Waals surface area contributed by atoms with Gasteiger partial charge >= 0.3 is 0 Å². The lowest BCUT2D eigenvalue weighted by Crippen LogP contribution is -1.70. The van der Waals surface area contributed by atoms with Crippen molar-refractivity contribution in [3.05, 3.63) is 144 Å². The van der Waals surface area contributed by atoms with Crippen molar-refractivity contribution < 1.29 is 0 Å². The first-order chi connectivity index (χ1) is 17.9. The Hall–Kier alpha value is -3.64. The number of rotatable bonds is 4. The highest BCUT2D eigenvalue weighted by Gasteiger charge is 1.85. The van der Waals surface area contributed by atoms with Gasteiger partial charge in [-0.1, -0.05) is 223 Å². The predicted octanol–water partition coefficient (Wildman–Crippen LogP) is 13.7. The lowest BCUT2D eigenvalue weighted by molar-refractivity contribution is 1.50. The summed E-state index contributed by atoms with van der Waals surface area (Å²) >= 11 is 0. The predicted molar refractivity (Wildman–Crippen MR) is 189 cm³/mol. The molecule has 0 saturated heterocycles. The van der Waals surface area contributed by atoms with Crippen LogP contribution in [0.1, 0.15) is 99.9 Å². The van der Waals surface area contributed by atoms with Gasteiger partial charge < -0.3 is 0 Å². The maximum Gasteiger partial charge on any atom is -0.0256 e. The monoisotopic (exact) mass is 528 g/mol. The largest absolute Gasteiger partial charge is 0.0776 e. The van der Waals surface area contributed by atoms with Crippen molar-refractivity contribution in [2.75, 3.05) is 0 Å². The molecule has 0 aliphatic rings. The molecular weight excluding hydrogens is 468 g/mol. The van der Waals surface area contributed by atoms with Crippen molar-refractivity contribution in [1.82, 2.24) is 0 Å². The Kier molecular flexibility index (Phi) is 42.4. The summed E-state index contributed by atoms with van der Waals surface area (Å²) in [5.74, 6) is 0. The summed E-state index contributed by atoms with van der Waals surface area (Å²) in [7, 11) is 0.